The van der Waals surface area contributed by atoms with E-state index in [2.05, 4.69) is 18.8 Å². The smallest absolute Gasteiger partial charge is 0.251 e. The van der Waals surface area contributed by atoms with Crippen molar-refractivity contribution in [3.63, 3.8) is 0 Å². The van der Waals surface area contributed by atoms with E-state index in [1.54, 1.807) is 12.1 Å². The van der Waals surface area contributed by atoms with Gasteiger partial charge in [-0.05, 0) is 19.1 Å². The van der Waals surface area contributed by atoms with Crippen molar-refractivity contribution < 1.29 is 4.39 Å². The van der Waals surface area contributed by atoms with Crippen molar-refractivity contribution in [3.8, 4) is 0 Å². The zero-order valence-electron chi connectivity index (χ0n) is 12.6. The Hall–Kier alpha value is -1.64. The van der Waals surface area contributed by atoms with Gasteiger partial charge in [-0.15, -0.1) is 0 Å². The first-order chi connectivity index (χ1) is 9.58. The minimum absolute atomic E-state index is 0.408. The average molecular weight is 277 g/mol. The van der Waals surface area contributed by atoms with Crippen LogP contribution in [0.2, 0.25) is 0 Å². The summed E-state index contributed by atoms with van der Waals surface area (Å²) in [6.45, 7) is 6.37. The van der Waals surface area contributed by atoms with Gasteiger partial charge < -0.3 is 4.98 Å². The molecule has 0 spiro atoms. The van der Waals surface area contributed by atoms with E-state index in [9.17, 15) is 9.18 Å². The molecule has 1 aromatic carbocycles. The number of aryl methyl sites for hydroxylation is 1. The van der Waals surface area contributed by atoms with Crippen molar-refractivity contribution in [2.75, 3.05) is 0 Å². The summed E-state index contributed by atoms with van der Waals surface area (Å²) in [6, 6.07) is 6.20. The Balaban J connectivity index is 0.000000246. The van der Waals surface area contributed by atoms with Gasteiger partial charge >= 0.3 is 0 Å². The minimum atomic E-state index is -0.470. The molecular formula is C17H24FNO. The van der Waals surface area contributed by atoms with Crippen LogP contribution < -0.4 is 5.56 Å². The second-order valence-corrected chi connectivity index (χ2v) is 5.09. The van der Waals surface area contributed by atoms with Crippen LogP contribution in [0.3, 0.4) is 0 Å². The van der Waals surface area contributed by atoms with Gasteiger partial charge in [0.15, 0.2) is 0 Å². The molecule has 0 saturated heterocycles. The predicted octanol–water partition coefficient (Wildman–Crippen LogP) is 4.95. The number of aromatic amines is 1. The molecule has 0 saturated carbocycles. The molecule has 1 heterocycles. The van der Waals surface area contributed by atoms with Crippen molar-refractivity contribution >= 4 is 10.9 Å². The molecule has 1 N–H and O–H groups in total. The molecule has 2 aromatic rings. The lowest BCUT2D eigenvalue weighted by Gasteiger charge is -1.99. The maximum atomic E-state index is 13.2. The van der Waals surface area contributed by atoms with E-state index in [0.717, 1.165) is 11.6 Å². The number of hydrogen-bond acceptors (Lipinski definition) is 1. The lowest BCUT2D eigenvalue weighted by atomic mass is 10.1. The molecule has 0 unspecified atom stereocenters. The fourth-order valence-corrected chi connectivity index (χ4v) is 2.00. The first-order valence-corrected chi connectivity index (χ1v) is 7.37. The molecule has 2 nitrogen and oxygen atoms in total. The summed E-state index contributed by atoms with van der Waals surface area (Å²) in [7, 11) is 0. The van der Waals surface area contributed by atoms with Gasteiger partial charge in [0, 0.05) is 11.5 Å². The van der Waals surface area contributed by atoms with Crippen LogP contribution in [0.25, 0.3) is 10.9 Å². The number of rotatable bonds is 4. The van der Waals surface area contributed by atoms with E-state index < -0.39 is 11.4 Å². The van der Waals surface area contributed by atoms with Crippen LogP contribution in [-0.4, -0.2) is 4.98 Å². The number of benzene rings is 1. The Labute approximate surface area is 120 Å². The minimum Gasteiger partial charge on any atom is -0.322 e. The fraction of sp³-hybridized carbons (Fsp3) is 0.471. The van der Waals surface area contributed by atoms with Gasteiger partial charge in [0.05, 0.1) is 5.52 Å². The predicted molar refractivity (Wildman–Crippen MR) is 83.7 cm³/mol. The molecule has 110 valence electrons. The summed E-state index contributed by atoms with van der Waals surface area (Å²) < 4.78 is 13.2. The summed E-state index contributed by atoms with van der Waals surface area (Å²) in [5.41, 5.74) is 1.10. The summed E-state index contributed by atoms with van der Waals surface area (Å²) in [5.74, 6) is -0.470. The molecule has 1 aromatic heterocycles. The number of hydrogen-bond donors (Lipinski definition) is 1. The average Bonchev–Trinajstić information content (AvgIpc) is 2.41. The highest BCUT2D eigenvalue weighted by Gasteiger charge is 2.01. The largest absolute Gasteiger partial charge is 0.322 e. The Bertz CT molecular complexity index is 585. The third kappa shape index (κ3) is 5.16. The Morgan fingerprint density at radius 2 is 1.70 bits per heavy atom. The maximum Gasteiger partial charge on any atom is 0.251 e. The van der Waals surface area contributed by atoms with Crippen molar-refractivity contribution in [1.29, 1.82) is 0 Å². The van der Waals surface area contributed by atoms with E-state index in [0.29, 0.717) is 10.9 Å². The number of aromatic nitrogens is 1. The van der Waals surface area contributed by atoms with Crippen molar-refractivity contribution in [1.82, 2.24) is 4.98 Å². The van der Waals surface area contributed by atoms with E-state index >= 15 is 0 Å². The number of pyridine rings is 1. The second kappa shape index (κ2) is 8.51. The molecule has 0 radical (unpaired) electrons. The van der Waals surface area contributed by atoms with Gasteiger partial charge in [0.2, 0.25) is 0 Å². The van der Waals surface area contributed by atoms with Gasteiger partial charge in [-0.1, -0.05) is 57.6 Å². The number of fused-ring (bicyclic) bond motifs is 1. The van der Waals surface area contributed by atoms with Gasteiger partial charge in [-0.2, -0.15) is 0 Å². The van der Waals surface area contributed by atoms with E-state index in [1.807, 2.05) is 13.0 Å². The van der Waals surface area contributed by atoms with Crippen LogP contribution in [0, 0.1) is 12.7 Å². The summed E-state index contributed by atoms with van der Waals surface area (Å²) >= 11 is 0. The first-order valence-electron chi connectivity index (χ1n) is 7.37. The third-order valence-corrected chi connectivity index (χ3v) is 3.16. The number of H-pyrrole nitrogens is 1. The van der Waals surface area contributed by atoms with Crippen molar-refractivity contribution in [2.24, 2.45) is 0 Å². The van der Waals surface area contributed by atoms with Crippen LogP contribution in [0.15, 0.2) is 29.1 Å². The van der Waals surface area contributed by atoms with E-state index in [-0.39, 0.29) is 0 Å². The number of nitrogens with one attached hydrogen (secondary N) is 1. The van der Waals surface area contributed by atoms with Crippen LogP contribution in [0.5, 0.6) is 0 Å². The fourth-order valence-electron chi connectivity index (χ4n) is 2.00. The lowest BCUT2D eigenvalue weighted by molar-refractivity contribution is 0.636. The first kappa shape index (κ1) is 16.4. The third-order valence-electron chi connectivity index (χ3n) is 3.16. The molecule has 0 aliphatic heterocycles. The topological polar surface area (TPSA) is 32.9 Å². The molecule has 0 aliphatic carbocycles. The molecular weight excluding hydrogens is 253 g/mol. The van der Waals surface area contributed by atoms with Crippen molar-refractivity contribution in [2.45, 2.75) is 52.9 Å². The Morgan fingerprint density at radius 3 is 2.30 bits per heavy atom. The van der Waals surface area contributed by atoms with E-state index in [4.69, 9.17) is 0 Å². The molecule has 0 fully saturated rings. The van der Waals surface area contributed by atoms with Gasteiger partial charge in [0.25, 0.3) is 5.56 Å². The lowest BCUT2D eigenvalue weighted by Crippen LogP contribution is -2.05. The van der Waals surface area contributed by atoms with Gasteiger partial charge in [0.1, 0.15) is 5.82 Å². The molecule has 0 amide bonds. The molecule has 3 heteroatoms. The van der Waals surface area contributed by atoms with Crippen LogP contribution in [0.1, 0.15) is 51.5 Å². The number of unbranched alkanes of at least 4 members (excludes halogenated alkanes) is 4. The molecule has 0 bridgehead atoms. The Morgan fingerprint density at radius 1 is 1.05 bits per heavy atom. The standard InChI is InChI=1S/C10H8FNO.C7H16/c1-6-2-3-9-7(4-6)8(11)5-10(13)12-9;1-3-5-7-6-4-2/h2-5H,1H3,(H,12,13);3-7H2,1-2H3. The molecule has 0 aliphatic rings. The second-order valence-electron chi connectivity index (χ2n) is 5.09. The van der Waals surface area contributed by atoms with Crippen LogP contribution in [0.4, 0.5) is 4.39 Å². The van der Waals surface area contributed by atoms with Gasteiger partial charge in [-0.25, -0.2) is 4.39 Å². The van der Waals surface area contributed by atoms with Crippen LogP contribution in [-0.2, 0) is 0 Å². The maximum absolute atomic E-state index is 13.2. The zero-order chi connectivity index (χ0) is 15.0. The molecule has 20 heavy (non-hydrogen) atoms. The monoisotopic (exact) mass is 277 g/mol. The molecule has 2 rings (SSSR count). The highest BCUT2D eigenvalue weighted by Crippen LogP contribution is 2.14. The van der Waals surface area contributed by atoms with E-state index in [1.165, 1.54) is 32.1 Å². The number of halogens is 1. The molecule has 0 atom stereocenters. The highest BCUT2D eigenvalue weighted by molar-refractivity contribution is 5.79. The zero-order valence-corrected chi connectivity index (χ0v) is 12.6. The highest BCUT2D eigenvalue weighted by atomic mass is 19.1. The van der Waals surface area contributed by atoms with Gasteiger partial charge in [-0.3, -0.25) is 4.79 Å². The quantitative estimate of drug-likeness (QED) is 0.788. The summed E-state index contributed by atoms with van der Waals surface area (Å²) in [6.07, 6.45) is 7.01. The summed E-state index contributed by atoms with van der Waals surface area (Å²) in [5, 5.41) is 0.458. The Kier molecular flexibility index (Phi) is 6.99. The van der Waals surface area contributed by atoms with Crippen molar-refractivity contribution in [3.05, 3.63) is 46.0 Å². The van der Waals surface area contributed by atoms with Crippen LogP contribution >= 0.6 is 0 Å². The summed E-state index contributed by atoms with van der Waals surface area (Å²) in [4.78, 5) is 13.5. The normalized spacial score (nSPS) is 10.2. The SMILES string of the molecule is CCCCCCC.Cc1ccc2[nH]c(=O)cc(F)c2c1.